The molecule has 1 aliphatic rings. The van der Waals surface area contributed by atoms with Crippen molar-refractivity contribution in [2.75, 3.05) is 6.61 Å². The highest BCUT2D eigenvalue weighted by Gasteiger charge is 2.22. The first kappa shape index (κ1) is 11.4. The predicted molar refractivity (Wildman–Crippen MR) is 69.1 cm³/mol. The molecule has 94 valence electrons. The number of benzene rings is 1. The molecule has 2 aromatic rings. The third-order valence-corrected chi connectivity index (χ3v) is 3.59. The van der Waals surface area contributed by atoms with Gasteiger partial charge >= 0.3 is 0 Å². The first-order valence-corrected chi connectivity index (χ1v) is 6.38. The summed E-state index contributed by atoms with van der Waals surface area (Å²) in [5.41, 5.74) is 2.35. The molecule has 0 radical (unpaired) electrons. The molecular formula is C14H17N3O. The highest BCUT2D eigenvalue weighted by molar-refractivity contribution is 5.56. The zero-order valence-corrected chi connectivity index (χ0v) is 10.5. The summed E-state index contributed by atoms with van der Waals surface area (Å²) in [6.45, 7) is 3.22. The minimum atomic E-state index is 0.243. The summed E-state index contributed by atoms with van der Waals surface area (Å²) in [6, 6.07) is 8.34. The lowest BCUT2D eigenvalue weighted by Gasteiger charge is -2.21. The van der Waals surface area contributed by atoms with E-state index >= 15 is 0 Å². The maximum atomic E-state index is 9.22. The van der Waals surface area contributed by atoms with Crippen LogP contribution in [-0.4, -0.2) is 26.5 Å². The molecule has 0 aliphatic carbocycles. The molecule has 1 N–H and O–H groups in total. The predicted octanol–water partition coefficient (Wildman–Crippen LogP) is 1.81. The molecule has 1 atom stereocenters. The molecule has 0 fully saturated rings. The Balaban J connectivity index is 1.98. The van der Waals surface area contributed by atoms with Crippen LogP contribution in [-0.2, 0) is 13.0 Å². The summed E-state index contributed by atoms with van der Waals surface area (Å²) in [5.74, 6) is 2.29. The van der Waals surface area contributed by atoms with E-state index in [1.807, 2.05) is 6.07 Å². The van der Waals surface area contributed by atoms with Crippen LogP contribution in [0.4, 0.5) is 0 Å². The number of aryl methyl sites for hydroxylation is 1. The summed E-state index contributed by atoms with van der Waals surface area (Å²) in [5, 5.41) is 17.8. The van der Waals surface area contributed by atoms with Crippen molar-refractivity contribution < 1.29 is 5.11 Å². The standard InChI is InChI=1S/C14H17N3O/c1-10-3-2-4-12(7-10)14-16-15-13-8-11(9-18)5-6-17(13)14/h2-4,7,11,18H,5-6,8-9H2,1H3. The molecular weight excluding hydrogens is 226 g/mol. The molecule has 1 aliphatic heterocycles. The van der Waals surface area contributed by atoms with Crippen LogP contribution < -0.4 is 0 Å². The van der Waals surface area contributed by atoms with E-state index in [1.54, 1.807) is 0 Å². The summed E-state index contributed by atoms with van der Waals surface area (Å²) < 4.78 is 2.18. The van der Waals surface area contributed by atoms with Gasteiger partial charge in [-0.2, -0.15) is 0 Å². The van der Waals surface area contributed by atoms with E-state index in [1.165, 1.54) is 5.56 Å². The lowest BCUT2D eigenvalue weighted by Crippen LogP contribution is -2.22. The molecule has 0 saturated heterocycles. The van der Waals surface area contributed by atoms with Crippen molar-refractivity contribution >= 4 is 0 Å². The van der Waals surface area contributed by atoms with Crippen LogP contribution in [0.3, 0.4) is 0 Å². The molecule has 0 amide bonds. The molecule has 0 spiro atoms. The number of aliphatic hydroxyl groups excluding tert-OH is 1. The molecule has 1 aromatic heterocycles. The second-order valence-corrected chi connectivity index (χ2v) is 5.00. The van der Waals surface area contributed by atoms with Gasteiger partial charge in [-0.1, -0.05) is 23.8 Å². The number of hydrogen-bond acceptors (Lipinski definition) is 3. The zero-order chi connectivity index (χ0) is 12.5. The van der Waals surface area contributed by atoms with Crippen LogP contribution in [0, 0.1) is 12.8 Å². The topological polar surface area (TPSA) is 50.9 Å². The van der Waals surface area contributed by atoms with E-state index in [2.05, 4.69) is 39.9 Å². The first-order valence-electron chi connectivity index (χ1n) is 6.38. The Morgan fingerprint density at radius 2 is 2.28 bits per heavy atom. The molecule has 1 unspecified atom stereocenters. The number of aromatic nitrogens is 3. The third kappa shape index (κ3) is 1.93. The molecule has 4 nitrogen and oxygen atoms in total. The van der Waals surface area contributed by atoms with Crippen LogP contribution in [0.25, 0.3) is 11.4 Å². The van der Waals surface area contributed by atoms with Gasteiger partial charge in [0.15, 0.2) is 5.82 Å². The smallest absolute Gasteiger partial charge is 0.163 e. The lowest BCUT2D eigenvalue weighted by atomic mass is 9.98. The maximum absolute atomic E-state index is 9.22. The molecule has 2 heterocycles. The largest absolute Gasteiger partial charge is 0.396 e. The summed E-state index contributed by atoms with van der Waals surface area (Å²) in [6.07, 6.45) is 1.83. The van der Waals surface area contributed by atoms with Crippen molar-refractivity contribution in [1.82, 2.24) is 14.8 Å². The van der Waals surface area contributed by atoms with E-state index in [0.29, 0.717) is 5.92 Å². The van der Waals surface area contributed by atoms with Gasteiger partial charge in [0.05, 0.1) is 0 Å². The van der Waals surface area contributed by atoms with Gasteiger partial charge in [-0.25, -0.2) is 0 Å². The van der Waals surface area contributed by atoms with Crippen LogP contribution in [0.2, 0.25) is 0 Å². The monoisotopic (exact) mass is 243 g/mol. The average molecular weight is 243 g/mol. The van der Waals surface area contributed by atoms with Gasteiger partial charge in [-0.15, -0.1) is 10.2 Å². The normalized spacial score (nSPS) is 18.7. The molecule has 1 aromatic carbocycles. The second-order valence-electron chi connectivity index (χ2n) is 5.00. The van der Waals surface area contributed by atoms with E-state index in [9.17, 15) is 5.11 Å². The van der Waals surface area contributed by atoms with Crippen molar-refractivity contribution in [3.05, 3.63) is 35.7 Å². The molecule has 0 saturated carbocycles. The number of aliphatic hydroxyl groups is 1. The van der Waals surface area contributed by atoms with E-state index in [4.69, 9.17) is 0 Å². The zero-order valence-electron chi connectivity index (χ0n) is 10.5. The van der Waals surface area contributed by atoms with Crippen molar-refractivity contribution in [1.29, 1.82) is 0 Å². The minimum Gasteiger partial charge on any atom is -0.396 e. The van der Waals surface area contributed by atoms with Crippen molar-refractivity contribution in [3.8, 4) is 11.4 Å². The highest BCUT2D eigenvalue weighted by Crippen LogP contribution is 2.25. The van der Waals surface area contributed by atoms with Gasteiger partial charge in [-0.05, 0) is 25.3 Å². The Morgan fingerprint density at radius 1 is 1.39 bits per heavy atom. The SMILES string of the molecule is Cc1cccc(-c2nnc3n2CCC(CO)C3)c1. The molecule has 0 bridgehead atoms. The quantitative estimate of drug-likeness (QED) is 0.875. The third-order valence-electron chi connectivity index (χ3n) is 3.59. The molecule has 4 heteroatoms. The Hall–Kier alpha value is -1.68. The fourth-order valence-electron chi connectivity index (χ4n) is 2.55. The fraction of sp³-hybridized carbons (Fsp3) is 0.429. The fourth-order valence-corrected chi connectivity index (χ4v) is 2.55. The van der Waals surface area contributed by atoms with Gasteiger partial charge in [0.2, 0.25) is 0 Å². The average Bonchev–Trinajstić information content (AvgIpc) is 2.81. The number of rotatable bonds is 2. The first-order chi connectivity index (χ1) is 8.78. The van der Waals surface area contributed by atoms with Gasteiger partial charge in [0, 0.05) is 25.1 Å². The summed E-state index contributed by atoms with van der Waals surface area (Å²) in [7, 11) is 0. The van der Waals surface area contributed by atoms with E-state index in [-0.39, 0.29) is 6.61 Å². The van der Waals surface area contributed by atoms with Crippen LogP contribution >= 0.6 is 0 Å². The van der Waals surface area contributed by atoms with Crippen molar-refractivity contribution in [2.45, 2.75) is 26.3 Å². The molecule has 3 rings (SSSR count). The summed E-state index contributed by atoms with van der Waals surface area (Å²) in [4.78, 5) is 0. The van der Waals surface area contributed by atoms with Crippen LogP contribution in [0.1, 0.15) is 17.8 Å². The second kappa shape index (κ2) is 4.53. The Kier molecular flexibility index (Phi) is 2.88. The van der Waals surface area contributed by atoms with Crippen molar-refractivity contribution in [3.63, 3.8) is 0 Å². The van der Waals surface area contributed by atoms with Gasteiger partial charge in [0.1, 0.15) is 5.82 Å². The van der Waals surface area contributed by atoms with Gasteiger partial charge in [-0.3, -0.25) is 0 Å². The van der Waals surface area contributed by atoms with Gasteiger partial charge in [0.25, 0.3) is 0 Å². The number of fused-ring (bicyclic) bond motifs is 1. The number of nitrogens with zero attached hydrogens (tertiary/aromatic N) is 3. The Bertz CT molecular complexity index is 562. The van der Waals surface area contributed by atoms with Crippen LogP contribution in [0.15, 0.2) is 24.3 Å². The number of hydrogen-bond donors (Lipinski definition) is 1. The lowest BCUT2D eigenvalue weighted by molar-refractivity contribution is 0.199. The van der Waals surface area contributed by atoms with E-state index < -0.39 is 0 Å². The Morgan fingerprint density at radius 3 is 3.06 bits per heavy atom. The maximum Gasteiger partial charge on any atom is 0.163 e. The van der Waals surface area contributed by atoms with E-state index in [0.717, 1.165) is 36.6 Å². The Labute approximate surface area is 106 Å². The highest BCUT2D eigenvalue weighted by atomic mass is 16.3. The van der Waals surface area contributed by atoms with Crippen LogP contribution in [0.5, 0.6) is 0 Å². The van der Waals surface area contributed by atoms with Crippen molar-refractivity contribution in [2.24, 2.45) is 5.92 Å². The van der Waals surface area contributed by atoms with Gasteiger partial charge < -0.3 is 9.67 Å². The minimum absolute atomic E-state index is 0.243. The molecule has 18 heavy (non-hydrogen) atoms. The summed E-state index contributed by atoms with van der Waals surface area (Å²) >= 11 is 0.